The Morgan fingerprint density at radius 1 is 1.56 bits per heavy atom. The molecule has 1 heterocycles. The van der Waals surface area contributed by atoms with Crippen molar-refractivity contribution in [2.24, 2.45) is 0 Å². The van der Waals surface area contributed by atoms with Crippen LogP contribution in [0.2, 0.25) is 0 Å². The highest BCUT2D eigenvalue weighted by Crippen LogP contribution is 2.23. The number of carbonyl (C=O) groups is 1. The fourth-order valence-corrected chi connectivity index (χ4v) is 1.83. The van der Waals surface area contributed by atoms with Crippen molar-refractivity contribution in [3.8, 4) is 5.75 Å². The van der Waals surface area contributed by atoms with E-state index in [1.165, 1.54) is 18.2 Å². The maximum atomic E-state index is 10.9. The number of nitro benzene ring substituents is 1. The van der Waals surface area contributed by atoms with E-state index in [1.807, 2.05) is 0 Å². The Bertz CT molecular complexity index is 454. The molecule has 1 aliphatic heterocycles. The van der Waals surface area contributed by atoms with Gasteiger partial charge in [-0.05, 0) is 18.9 Å². The zero-order valence-electron chi connectivity index (χ0n) is 9.70. The molecule has 2 rings (SSSR count). The van der Waals surface area contributed by atoms with E-state index in [2.05, 4.69) is 0 Å². The Labute approximate surface area is 104 Å². The first-order valence-electron chi connectivity index (χ1n) is 5.68. The summed E-state index contributed by atoms with van der Waals surface area (Å²) in [6.45, 7) is 1.09. The molecule has 0 N–H and O–H groups in total. The molecule has 1 aliphatic rings. The maximum absolute atomic E-state index is 10.9. The van der Waals surface area contributed by atoms with Crippen LogP contribution in [0.25, 0.3) is 0 Å². The lowest BCUT2D eigenvalue weighted by Crippen LogP contribution is -2.16. The molecule has 1 saturated heterocycles. The van der Waals surface area contributed by atoms with Gasteiger partial charge in [0.1, 0.15) is 12.4 Å². The van der Waals surface area contributed by atoms with Gasteiger partial charge in [0.05, 0.1) is 16.6 Å². The molecule has 0 saturated carbocycles. The molecule has 1 atom stereocenters. The van der Waals surface area contributed by atoms with E-state index in [4.69, 9.17) is 9.47 Å². The highest BCUT2D eigenvalue weighted by molar-refractivity contribution is 5.80. The van der Waals surface area contributed by atoms with Crippen molar-refractivity contribution >= 4 is 12.0 Å². The molecule has 6 nitrogen and oxygen atoms in total. The van der Waals surface area contributed by atoms with Gasteiger partial charge in [0.15, 0.2) is 6.29 Å². The van der Waals surface area contributed by atoms with Crippen molar-refractivity contribution in [2.45, 2.75) is 18.9 Å². The molecule has 1 unspecified atom stereocenters. The zero-order valence-corrected chi connectivity index (χ0v) is 9.70. The predicted molar refractivity (Wildman–Crippen MR) is 63.0 cm³/mol. The van der Waals surface area contributed by atoms with Gasteiger partial charge in [-0.25, -0.2) is 0 Å². The third-order valence-corrected chi connectivity index (χ3v) is 2.78. The average molecular weight is 251 g/mol. The highest BCUT2D eigenvalue weighted by Gasteiger charge is 2.17. The number of nitro groups is 1. The summed E-state index contributed by atoms with van der Waals surface area (Å²) in [6, 6.07) is 3.96. The SMILES string of the molecule is O=Cc1cc([N+](=O)[O-])ccc1OCC1CCCO1. The Balaban J connectivity index is 2.06. The van der Waals surface area contributed by atoms with Gasteiger partial charge >= 0.3 is 0 Å². The van der Waals surface area contributed by atoms with Crippen LogP contribution in [0, 0.1) is 10.1 Å². The van der Waals surface area contributed by atoms with E-state index in [-0.39, 0.29) is 17.4 Å². The zero-order chi connectivity index (χ0) is 13.0. The van der Waals surface area contributed by atoms with Crippen LogP contribution in [-0.4, -0.2) is 30.5 Å². The minimum atomic E-state index is -0.545. The highest BCUT2D eigenvalue weighted by atomic mass is 16.6. The third-order valence-electron chi connectivity index (χ3n) is 2.78. The van der Waals surface area contributed by atoms with Gasteiger partial charge < -0.3 is 9.47 Å². The molecule has 96 valence electrons. The van der Waals surface area contributed by atoms with Gasteiger partial charge in [-0.2, -0.15) is 0 Å². The molecule has 0 spiro atoms. The van der Waals surface area contributed by atoms with E-state index in [0.29, 0.717) is 18.6 Å². The quantitative estimate of drug-likeness (QED) is 0.454. The molecular formula is C12H13NO5. The maximum Gasteiger partial charge on any atom is 0.270 e. The van der Waals surface area contributed by atoms with Crippen molar-refractivity contribution in [2.75, 3.05) is 13.2 Å². The van der Waals surface area contributed by atoms with Crippen LogP contribution >= 0.6 is 0 Å². The molecule has 18 heavy (non-hydrogen) atoms. The van der Waals surface area contributed by atoms with Gasteiger partial charge in [0.2, 0.25) is 0 Å². The second kappa shape index (κ2) is 5.59. The smallest absolute Gasteiger partial charge is 0.270 e. The number of hydrogen-bond donors (Lipinski definition) is 0. The number of hydrogen-bond acceptors (Lipinski definition) is 5. The second-order valence-electron chi connectivity index (χ2n) is 4.04. The van der Waals surface area contributed by atoms with E-state index in [0.717, 1.165) is 19.4 Å². The standard InChI is InChI=1S/C12H13NO5/c14-7-9-6-10(13(15)16)3-4-12(9)18-8-11-2-1-5-17-11/h3-4,6-7,11H,1-2,5,8H2. The van der Waals surface area contributed by atoms with E-state index < -0.39 is 4.92 Å². The molecular weight excluding hydrogens is 238 g/mol. The number of ether oxygens (including phenoxy) is 2. The molecule has 1 fully saturated rings. The van der Waals surface area contributed by atoms with Crippen LogP contribution in [0.15, 0.2) is 18.2 Å². The van der Waals surface area contributed by atoms with Crippen molar-refractivity contribution in [1.29, 1.82) is 0 Å². The fourth-order valence-electron chi connectivity index (χ4n) is 1.83. The molecule has 1 aromatic rings. The normalized spacial score (nSPS) is 18.6. The van der Waals surface area contributed by atoms with Crippen molar-refractivity contribution in [1.82, 2.24) is 0 Å². The van der Waals surface area contributed by atoms with E-state index in [1.54, 1.807) is 0 Å². The molecule has 6 heteroatoms. The minimum absolute atomic E-state index is 0.0414. The van der Waals surface area contributed by atoms with Crippen LogP contribution < -0.4 is 4.74 Å². The number of aldehydes is 1. The number of nitrogens with zero attached hydrogens (tertiary/aromatic N) is 1. The number of non-ortho nitro benzene ring substituents is 1. The van der Waals surface area contributed by atoms with Gasteiger partial charge in [-0.3, -0.25) is 14.9 Å². The molecule has 1 aromatic carbocycles. The lowest BCUT2D eigenvalue weighted by atomic mass is 10.2. The Morgan fingerprint density at radius 2 is 2.39 bits per heavy atom. The topological polar surface area (TPSA) is 78.7 Å². The summed E-state index contributed by atoms with van der Waals surface area (Å²) >= 11 is 0. The first-order chi connectivity index (χ1) is 8.70. The first kappa shape index (κ1) is 12.5. The van der Waals surface area contributed by atoms with Crippen molar-refractivity contribution in [3.63, 3.8) is 0 Å². The van der Waals surface area contributed by atoms with Crippen molar-refractivity contribution in [3.05, 3.63) is 33.9 Å². The summed E-state index contributed by atoms with van der Waals surface area (Å²) in [4.78, 5) is 20.9. The van der Waals surface area contributed by atoms with Gasteiger partial charge in [-0.15, -0.1) is 0 Å². The van der Waals surface area contributed by atoms with Crippen LogP contribution in [0.5, 0.6) is 5.75 Å². The van der Waals surface area contributed by atoms with Crippen LogP contribution in [-0.2, 0) is 4.74 Å². The summed E-state index contributed by atoms with van der Waals surface area (Å²) in [5.74, 6) is 0.353. The van der Waals surface area contributed by atoms with E-state index >= 15 is 0 Å². The van der Waals surface area contributed by atoms with E-state index in [9.17, 15) is 14.9 Å². The minimum Gasteiger partial charge on any atom is -0.490 e. The first-order valence-corrected chi connectivity index (χ1v) is 5.68. The van der Waals surface area contributed by atoms with Gasteiger partial charge in [0.25, 0.3) is 5.69 Å². The Kier molecular flexibility index (Phi) is 3.88. The van der Waals surface area contributed by atoms with Crippen LogP contribution in [0.1, 0.15) is 23.2 Å². The Morgan fingerprint density at radius 3 is 3.00 bits per heavy atom. The molecule has 0 radical (unpaired) electrons. The Hall–Kier alpha value is -1.95. The number of rotatable bonds is 5. The molecule has 0 aliphatic carbocycles. The average Bonchev–Trinajstić information content (AvgIpc) is 2.89. The lowest BCUT2D eigenvalue weighted by molar-refractivity contribution is -0.384. The summed E-state index contributed by atoms with van der Waals surface area (Å²) in [6.07, 6.45) is 2.54. The monoisotopic (exact) mass is 251 g/mol. The summed E-state index contributed by atoms with van der Waals surface area (Å²) < 4.78 is 10.9. The predicted octanol–water partition coefficient (Wildman–Crippen LogP) is 1.97. The van der Waals surface area contributed by atoms with Crippen molar-refractivity contribution < 1.29 is 19.2 Å². The van der Waals surface area contributed by atoms with Crippen LogP contribution in [0.4, 0.5) is 5.69 Å². The summed E-state index contributed by atoms with van der Waals surface area (Å²) in [7, 11) is 0. The van der Waals surface area contributed by atoms with Gasteiger partial charge in [-0.1, -0.05) is 0 Å². The fraction of sp³-hybridized carbons (Fsp3) is 0.417. The number of carbonyl (C=O) groups excluding carboxylic acids is 1. The molecule has 0 aromatic heterocycles. The molecule has 0 amide bonds. The van der Waals surface area contributed by atoms with Crippen LogP contribution in [0.3, 0.4) is 0 Å². The second-order valence-corrected chi connectivity index (χ2v) is 4.04. The number of benzene rings is 1. The van der Waals surface area contributed by atoms with Gasteiger partial charge in [0, 0.05) is 18.7 Å². The summed E-state index contributed by atoms with van der Waals surface area (Å²) in [5, 5.41) is 10.6. The summed E-state index contributed by atoms with van der Waals surface area (Å²) in [5.41, 5.74) is 0.0590. The molecule has 0 bridgehead atoms. The lowest BCUT2D eigenvalue weighted by Gasteiger charge is -2.12. The largest absolute Gasteiger partial charge is 0.490 e. The third kappa shape index (κ3) is 2.84.